The summed E-state index contributed by atoms with van der Waals surface area (Å²) in [7, 11) is 0. The van der Waals surface area contributed by atoms with Crippen molar-refractivity contribution in [1.29, 1.82) is 0 Å². The number of nitrogens with one attached hydrogen (secondary N) is 1. The van der Waals surface area contributed by atoms with E-state index in [1.807, 2.05) is 0 Å². The van der Waals surface area contributed by atoms with Crippen LogP contribution in [0.15, 0.2) is 29.6 Å². The first-order valence-electron chi connectivity index (χ1n) is 7.61. The predicted molar refractivity (Wildman–Crippen MR) is 92.7 cm³/mol. The summed E-state index contributed by atoms with van der Waals surface area (Å²) in [4.78, 5) is 34.8. The third-order valence-corrected chi connectivity index (χ3v) is 4.74. The number of carbonyl (C=O) groups is 2. The number of ether oxygens (including phenoxy) is 1. The van der Waals surface area contributed by atoms with Crippen molar-refractivity contribution >= 4 is 34.7 Å². The summed E-state index contributed by atoms with van der Waals surface area (Å²) < 4.78 is 19.7. The standard InChI is InChI=1S/C16H14FN3O5S/c1-9(21)18-7-11-8-19(16(22)25-11)10-2-3-12(13(17)6-10)15-14(20(23)24)4-5-26-15/h2-6,11H,7-8H2,1H3,(H,18,21)/t11-/m0/s1. The van der Waals surface area contributed by atoms with Crippen molar-refractivity contribution in [3.8, 4) is 10.4 Å². The molecular weight excluding hydrogens is 365 g/mol. The lowest BCUT2D eigenvalue weighted by molar-refractivity contribution is -0.383. The molecule has 1 aromatic heterocycles. The van der Waals surface area contributed by atoms with Gasteiger partial charge < -0.3 is 10.1 Å². The minimum Gasteiger partial charge on any atom is -0.442 e. The van der Waals surface area contributed by atoms with Gasteiger partial charge in [-0.1, -0.05) is 0 Å². The molecule has 1 aromatic carbocycles. The number of nitrogens with zero attached hydrogens (tertiary/aromatic N) is 2. The van der Waals surface area contributed by atoms with Crippen LogP contribution in [0.4, 0.5) is 20.6 Å². The maximum absolute atomic E-state index is 14.5. The highest BCUT2D eigenvalue weighted by Crippen LogP contribution is 2.38. The minimum absolute atomic E-state index is 0.0952. The van der Waals surface area contributed by atoms with Gasteiger partial charge in [0.25, 0.3) is 5.69 Å². The first kappa shape index (κ1) is 17.8. The number of thiophene rings is 1. The molecule has 0 spiro atoms. The number of hydrogen-bond donors (Lipinski definition) is 1. The summed E-state index contributed by atoms with van der Waals surface area (Å²) in [5.74, 6) is -0.918. The number of hydrogen-bond acceptors (Lipinski definition) is 6. The van der Waals surface area contributed by atoms with Gasteiger partial charge in [-0.25, -0.2) is 9.18 Å². The van der Waals surface area contributed by atoms with Crippen LogP contribution in [0.3, 0.4) is 0 Å². The molecule has 2 heterocycles. The average molecular weight is 379 g/mol. The van der Waals surface area contributed by atoms with Crippen LogP contribution in [0.25, 0.3) is 10.4 Å². The molecule has 1 fully saturated rings. The second-order valence-electron chi connectivity index (χ2n) is 5.61. The zero-order valence-corrected chi connectivity index (χ0v) is 14.4. The molecule has 0 radical (unpaired) electrons. The number of carbonyl (C=O) groups excluding carboxylic acids is 2. The van der Waals surface area contributed by atoms with E-state index in [1.54, 1.807) is 0 Å². The summed E-state index contributed by atoms with van der Waals surface area (Å²) in [5, 5.41) is 15.1. The van der Waals surface area contributed by atoms with E-state index >= 15 is 0 Å². The van der Waals surface area contributed by atoms with Crippen molar-refractivity contribution in [3.05, 3.63) is 45.6 Å². The van der Waals surface area contributed by atoms with Crippen molar-refractivity contribution < 1.29 is 23.6 Å². The van der Waals surface area contributed by atoms with E-state index in [4.69, 9.17) is 4.74 Å². The highest BCUT2D eigenvalue weighted by atomic mass is 32.1. The van der Waals surface area contributed by atoms with Gasteiger partial charge in [0.05, 0.1) is 23.7 Å². The van der Waals surface area contributed by atoms with Gasteiger partial charge in [0.1, 0.15) is 16.8 Å². The van der Waals surface area contributed by atoms with E-state index < -0.39 is 22.9 Å². The van der Waals surface area contributed by atoms with Gasteiger partial charge in [-0.05, 0) is 23.6 Å². The van der Waals surface area contributed by atoms with Crippen molar-refractivity contribution in [1.82, 2.24) is 5.32 Å². The Morgan fingerprint density at radius 3 is 2.92 bits per heavy atom. The van der Waals surface area contributed by atoms with Crippen molar-refractivity contribution in [2.75, 3.05) is 18.0 Å². The SMILES string of the molecule is CC(=O)NC[C@H]1CN(c2ccc(-c3sccc3[N+](=O)[O-])c(F)c2)C(=O)O1. The molecule has 1 aliphatic heterocycles. The number of cyclic esters (lactones) is 1. The molecule has 0 unspecified atom stereocenters. The quantitative estimate of drug-likeness (QED) is 0.636. The van der Waals surface area contributed by atoms with Crippen LogP contribution in [-0.4, -0.2) is 36.1 Å². The van der Waals surface area contributed by atoms with Crippen LogP contribution >= 0.6 is 11.3 Å². The van der Waals surface area contributed by atoms with E-state index in [1.165, 1.54) is 35.4 Å². The lowest BCUT2D eigenvalue weighted by atomic mass is 10.1. The molecular formula is C16H14FN3O5S. The van der Waals surface area contributed by atoms with Gasteiger partial charge in [-0.15, -0.1) is 11.3 Å². The summed E-state index contributed by atoms with van der Waals surface area (Å²) in [6, 6.07) is 5.36. The fraction of sp³-hybridized carbons (Fsp3) is 0.250. The Labute approximate surface area is 151 Å². The summed E-state index contributed by atoms with van der Waals surface area (Å²) in [5.41, 5.74) is 0.205. The van der Waals surface area contributed by atoms with Crippen molar-refractivity contribution in [2.24, 2.45) is 0 Å². The maximum Gasteiger partial charge on any atom is 0.414 e. The van der Waals surface area contributed by atoms with E-state index in [2.05, 4.69) is 5.32 Å². The largest absolute Gasteiger partial charge is 0.442 e. The molecule has 0 saturated carbocycles. The van der Waals surface area contributed by atoms with Crippen molar-refractivity contribution in [3.63, 3.8) is 0 Å². The number of amides is 2. The van der Waals surface area contributed by atoms with Gasteiger partial charge in [0.15, 0.2) is 0 Å². The minimum atomic E-state index is -0.675. The van der Waals surface area contributed by atoms with Crippen LogP contribution in [0, 0.1) is 15.9 Å². The molecule has 1 atom stereocenters. The zero-order valence-electron chi connectivity index (χ0n) is 13.6. The molecule has 0 aliphatic carbocycles. The molecule has 1 N–H and O–H groups in total. The molecule has 3 rings (SSSR count). The Balaban J connectivity index is 1.82. The number of anilines is 1. The molecule has 2 amide bonds. The second-order valence-corrected chi connectivity index (χ2v) is 6.53. The van der Waals surface area contributed by atoms with Crippen LogP contribution in [-0.2, 0) is 9.53 Å². The topological polar surface area (TPSA) is 102 Å². The summed E-state index contributed by atoms with van der Waals surface area (Å²) >= 11 is 1.07. The first-order valence-corrected chi connectivity index (χ1v) is 8.49. The first-order chi connectivity index (χ1) is 12.4. The third kappa shape index (κ3) is 3.49. The Hall–Kier alpha value is -3.01. The highest BCUT2D eigenvalue weighted by Gasteiger charge is 2.33. The molecule has 26 heavy (non-hydrogen) atoms. The van der Waals surface area contributed by atoms with Crippen molar-refractivity contribution in [2.45, 2.75) is 13.0 Å². The van der Waals surface area contributed by atoms with Crippen LogP contribution < -0.4 is 10.2 Å². The number of benzene rings is 1. The zero-order chi connectivity index (χ0) is 18.8. The molecule has 8 nitrogen and oxygen atoms in total. The highest BCUT2D eigenvalue weighted by molar-refractivity contribution is 7.14. The lowest BCUT2D eigenvalue weighted by Crippen LogP contribution is -2.33. The Bertz CT molecular complexity index is 885. The van der Waals surface area contributed by atoms with Crippen LogP contribution in [0.1, 0.15) is 6.92 Å². The van der Waals surface area contributed by atoms with Crippen LogP contribution in [0.2, 0.25) is 0 Å². The van der Waals surface area contributed by atoms with E-state index in [9.17, 15) is 24.1 Å². The summed E-state index contributed by atoms with van der Waals surface area (Å²) in [6.07, 6.45) is -1.18. The van der Waals surface area contributed by atoms with Gasteiger partial charge in [0, 0.05) is 18.6 Å². The fourth-order valence-electron chi connectivity index (χ4n) is 2.60. The molecule has 10 heteroatoms. The van der Waals surface area contributed by atoms with Gasteiger partial charge in [0.2, 0.25) is 5.91 Å². The van der Waals surface area contributed by atoms with Crippen LogP contribution in [0.5, 0.6) is 0 Å². The maximum atomic E-state index is 14.5. The second kappa shape index (κ2) is 7.08. The Morgan fingerprint density at radius 2 is 2.27 bits per heavy atom. The van der Waals surface area contributed by atoms with Gasteiger partial charge in [-0.2, -0.15) is 0 Å². The number of halogens is 1. The molecule has 0 bridgehead atoms. The Kier molecular flexibility index (Phi) is 4.85. The average Bonchev–Trinajstić information content (AvgIpc) is 3.19. The molecule has 1 saturated heterocycles. The third-order valence-electron chi connectivity index (χ3n) is 3.80. The molecule has 2 aromatic rings. The number of rotatable bonds is 5. The van der Waals surface area contributed by atoms with E-state index in [0.29, 0.717) is 0 Å². The van der Waals surface area contributed by atoms with Gasteiger partial charge >= 0.3 is 6.09 Å². The summed E-state index contributed by atoms with van der Waals surface area (Å²) in [6.45, 7) is 1.68. The molecule has 136 valence electrons. The van der Waals surface area contributed by atoms with Gasteiger partial charge in [-0.3, -0.25) is 19.8 Å². The van der Waals surface area contributed by atoms with E-state index in [-0.39, 0.29) is 40.8 Å². The number of nitro groups is 1. The smallest absolute Gasteiger partial charge is 0.414 e. The lowest BCUT2D eigenvalue weighted by Gasteiger charge is -2.14. The normalized spacial score (nSPS) is 16.5. The Morgan fingerprint density at radius 1 is 1.50 bits per heavy atom. The monoisotopic (exact) mass is 379 g/mol. The predicted octanol–water partition coefficient (Wildman–Crippen LogP) is 2.92. The fourth-order valence-corrected chi connectivity index (χ4v) is 3.49. The molecule has 1 aliphatic rings. The van der Waals surface area contributed by atoms with E-state index in [0.717, 1.165) is 17.4 Å².